The second-order valence-electron chi connectivity index (χ2n) is 8.06. The van der Waals surface area contributed by atoms with Crippen LogP contribution >= 0.6 is 0 Å². The van der Waals surface area contributed by atoms with Gasteiger partial charge in [-0.1, -0.05) is 18.2 Å². The molecule has 3 heterocycles. The molecule has 8 heteroatoms. The predicted molar refractivity (Wildman–Crippen MR) is 120 cm³/mol. The molecule has 0 atom stereocenters. The number of benzene rings is 1. The van der Waals surface area contributed by atoms with Crippen LogP contribution in [-0.4, -0.2) is 56.3 Å². The molecule has 4 rings (SSSR count). The maximum absolute atomic E-state index is 13.1. The first-order valence-corrected chi connectivity index (χ1v) is 10.5. The van der Waals surface area contributed by atoms with E-state index in [1.807, 2.05) is 43.0 Å². The van der Waals surface area contributed by atoms with E-state index < -0.39 is 0 Å². The number of hydrogen-bond donors (Lipinski definition) is 0. The smallest absolute Gasteiger partial charge is 0.258 e. The summed E-state index contributed by atoms with van der Waals surface area (Å²) in [6.07, 6.45) is 0. The third kappa shape index (κ3) is 4.10. The highest BCUT2D eigenvalue weighted by molar-refractivity contribution is 5.76. The number of aryl methyl sites for hydroxylation is 3. The van der Waals surface area contributed by atoms with Gasteiger partial charge in [-0.05, 0) is 45.9 Å². The van der Waals surface area contributed by atoms with E-state index in [1.165, 1.54) is 4.57 Å². The first kappa shape index (κ1) is 20.8. The zero-order valence-corrected chi connectivity index (χ0v) is 18.5. The minimum Gasteiger partial charge on any atom is -0.368 e. The van der Waals surface area contributed by atoms with Gasteiger partial charge in [0.15, 0.2) is 0 Å². The van der Waals surface area contributed by atoms with Gasteiger partial charge in [-0.25, -0.2) is 9.67 Å². The number of anilines is 1. The summed E-state index contributed by atoms with van der Waals surface area (Å²) in [7, 11) is 0. The molecule has 1 aliphatic heterocycles. The fourth-order valence-electron chi connectivity index (χ4n) is 3.97. The van der Waals surface area contributed by atoms with E-state index in [9.17, 15) is 9.59 Å². The Bertz CT molecular complexity index is 1160. The van der Waals surface area contributed by atoms with Gasteiger partial charge in [0.05, 0.1) is 5.69 Å². The lowest BCUT2D eigenvalue weighted by atomic mass is 10.2. The summed E-state index contributed by atoms with van der Waals surface area (Å²) in [4.78, 5) is 34.9. The number of piperazine rings is 1. The lowest BCUT2D eigenvalue weighted by Crippen LogP contribution is -2.50. The van der Waals surface area contributed by atoms with E-state index in [0.29, 0.717) is 30.3 Å². The standard InChI is InChI=1S/C23H28N6O2/c1-16-14-17(2)29(25-16)23-24-19(4)18(3)22(31)28(23)15-21(30)27-12-10-26(11-13-27)20-8-6-5-7-9-20/h5-9,14H,10-13,15H2,1-4H3. The highest BCUT2D eigenvalue weighted by Gasteiger charge is 2.24. The first-order valence-electron chi connectivity index (χ1n) is 10.5. The SMILES string of the molecule is Cc1cc(C)n(-c2nc(C)c(C)c(=O)n2CC(=O)N2CCN(c3ccccc3)CC2)n1. The van der Waals surface area contributed by atoms with Crippen LogP contribution in [0, 0.1) is 27.7 Å². The Morgan fingerprint density at radius 3 is 2.29 bits per heavy atom. The van der Waals surface area contributed by atoms with Crippen molar-refractivity contribution in [3.8, 4) is 5.95 Å². The van der Waals surface area contributed by atoms with Gasteiger partial charge in [-0.2, -0.15) is 5.10 Å². The number of rotatable bonds is 4. The van der Waals surface area contributed by atoms with E-state index in [-0.39, 0.29) is 18.0 Å². The number of para-hydroxylation sites is 1. The normalized spacial score (nSPS) is 14.2. The molecule has 162 valence electrons. The van der Waals surface area contributed by atoms with Gasteiger partial charge >= 0.3 is 0 Å². The molecule has 0 N–H and O–H groups in total. The molecule has 1 aliphatic rings. The molecular formula is C23H28N6O2. The monoisotopic (exact) mass is 420 g/mol. The number of carbonyl (C=O) groups is 1. The molecule has 0 bridgehead atoms. The van der Waals surface area contributed by atoms with Crippen molar-refractivity contribution in [2.75, 3.05) is 31.1 Å². The van der Waals surface area contributed by atoms with Crippen LogP contribution in [0.15, 0.2) is 41.2 Å². The molecule has 0 saturated carbocycles. The van der Waals surface area contributed by atoms with Crippen LogP contribution in [0.25, 0.3) is 5.95 Å². The van der Waals surface area contributed by atoms with Crippen molar-refractivity contribution in [1.29, 1.82) is 0 Å². The van der Waals surface area contributed by atoms with Crippen molar-refractivity contribution in [3.05, 3.63) is 69.4 Å². The lowest BCUT2D eigenvalue weighted by Gasteiger charge is -2.36. The van der Waals surface area contributed by atoms with Crippen LogP contribution in [-0.2, 0) is 11.3 Å². The Morgan fingerprint density at radius 1 is 1.00 bits per heavy atom. The van der Waals surface area contributed by atoms with E-state index in [4.69, 9.17) is 0 Å². The van der Waals surface area contributed by atoms with E-state index in [1.54, 1.807) is 18.5 Å². The minimum absolute atomic E-state index is 0.0496. The van der Waals surface area contributed by atoms with Crippen LogP contribution in [0.4, 0.5) is 5.69 Å². The fourth-order valence-corrected chi connectivity index (χ4v) is 3.97. The summed E-state index contributed by atoms with van der Waals surface area (Å²) in [5, 5.41) is 4.48. The van der Waals surface area contributed by atoms with Crippen LogP contribution in [0.5, 0.6) is 0 Å². The maximum Gasteiger partial charge on any atom is 0.258 e. The van der Waals surface area contributed by atoms with E-state index in [2.05, 4.69) is 27.1 Å². The van der Waals surface area contributed by atoms with Crippen molar-refractivity contribution in [2.24, 2.45) is 0 Å². The van der Waals surface area contributed by atoms with Crippen molar-refractivity contribution in [1.82, 2.24) is 24.2 Å². The highest BCUT2D eigenvalue weighted by Crippen LogP contribution is 2.16. The third-order valence-electron chi connectivity index (χ3n) is 5.86. The first-order chi connectivity index (χ1) is 14.8. The third-order valence-corrected chi connectivity index (χ3v) is 5.86. The summed E-state index contributed by atoms with van der Waals surface area (Å²) in [5.74, 6) is 0.303. The summed E-state index contributed by atoms with van der Waals surface area (Å²) in [6, 6.07) is 12.1. The molecular weight excluding hydrogens is 392 g/mol. The number of hydrogen-bond acceptors (Lipinski definition) is 5. The molecule has 0 spiro atoms. The van der Waals surface area contributed by atoms with Crippen molar-refractivity contribution in [3.63, 3.8) is 0 Å². The average Bonchev–Trinajstić information content (AvgIpc) is 3.12. The zero-order valence-electron chi connectivity index (χ0n) is 18.5. The molecule has 8 nitrogen and oxygen atoms in total. The minimum atomic E-state index is -0.202. The van der Waals surface area contributed by atoms with E-state index in [0.717, 1.165) is 30.2 Å². The number of carbonyl (C=O) groups excluding carboxylic acids is 1. The van der Waals surface area contributed by atoms with Crippen LogP contribution in [0.3, 0.4) is 0 Å². The second kappa shape index (κ2) is 8.37. The predicted octanol–water partition coefficient (Wildman–Crippen LogP) is 2.01. The van der Waals surface area contributed by atoms with Gasteiger partial charge in [0, 0.05) is 48.8 Å². The molecule has 2 aromatic heterocycles. The summed E-state index contributed by atoms with van der Waals surface area (Å²) < 4.78 is 3.09. The number of nitrogens with zero attached hydrogens (tertiary/aromatic N) is 6. The topological polar surface area (TPSA) is 76.3 Å². The summed E-state index contributed by atoms with van der Waals surface area (Å²) in [5.41, 5.74) is 3.85. The molecule has 0 radical (unpaired) electrons. The summed E-state index contributed by atoms with van der Waals surface area (Å²) in [6.45, 7) is 10.1. The fraction of sp³-hybridized carbons (Fsp3) is 0.391. The van der Waals surface area contributed by atoms with Gasteiger partial charge in [-0.15, -0.1) is 0 Å². The molecule has 1 amide bonds. The second-order valence-corrected chi connectivity index (χ2v) is 8.06. The molecule has 1 saturated heterocycles. The van der Waals surface area contributed by atoms with Crippen molar-refractivity contribution < 1.29 is 4.79 Å². The van der Waals surface area contributed by atoms with Gasteiger partial charge in [0.25, 0.3) is 5.56 Å². The summed E-state index contributed by atoms with van der Waals surface area (Å²) >= 11 is 0. The molecule has 1 aromatic carbocycles. The number of amides is 1. The molecule has 3 aromatic rings. The Kier molecular flexibility index (Phi) is 5.63. The Hall–Kier alpha value is -3.42. The van der Waals surface area contributed by atoms with Gasteiger partial charge in [0.2, 0.25) is 11.9 Å². The maximum atomic E-state index is 13.1. The molecule has 31 heavy (non-hydrogen) atoms. The number of aromatic nitrogens is 4. The highest BCUT2D eigenvalue weighted by atomic mass is 16.2. The molecule has 0 aliphatic carbocycles. The lowest BCUT2D eigenvalue weighted by molar-refractivity contribution is -0.132. The molecule has 1 fully saturated rings. The Balaban J connectivity index is 1.57. The van der Waals surface area contributed by atoms with Gasteiger partial charge in [-0.3, -0.25) is 14.2 Å². The van der Waals surface area contributed by atoms with Crippen LogP contribution in [0.2, 0.25) is 0 Å². The Labute approximate surface area is 181 Å². The van der Waals surface area contributed by atoms with Crippen LogP contribution in [0.1, 0.15) is 22.6 Å². The van der Waals surface area contributed by atoms with Gasteiger partial charge < -0.3 is 9.80 Å². The van der Waals surface area contributed by atoms with Crippen molar-refractivity contribution in [2.45, 2.75) is 34.2 Å². The van der Waals surface area contributed by atoms with Crippen molar-refractivity contribution >= 4 is 11.6 Å². The largest absolute Gasteiger partial charge is 0.368 e. The van der Waals surface area contributed by atoms with Crippen LogP contribution < -0.4 is 10.5 Å². The van der Waals surface area contributed by atoms with E-state index >= 15 is 0 Å². The quantitative estimate of drug-likeness (QED) is 0.645. The zero-order chi connectivity index (χ0) is 22.1. The van der Waals surface area contributed by atoms with Gasteiger partial charge in [0.1, 0.15) is 6.54 Å². The molecule has 0 unspecified atom stereocenters. The Morgan fingerprint density at radius 2 is 1.68 bits per heavy atom. The average molecular weight is 421 g/mol.